The summed E-state index contributed by atoms with van der Waals surface area (Å²) in [6.07, 6.45) is 8.40. The number of hydrogen-bond donors (Lipinski definition) is 3. The highest BCUT2D eigenvalue weighted by Gasteiger charge is 2.72. The second-order valence-electron chi connectivity index (χ2n) is 9.63. The van der Waals surface area contributed by atoms with Crippen LogP contribution in [0.15, 0.2) is 12.1 Å². The Kier molecular flexibility index (Phi) is 3.01. The molecule has 1 heterocycles. The number of phenols is 1. The van der Waals surface area contributed by atoms with Crippen molar-refractivity contribution < 1.29 is 20.1 Å². The summed E-state index contributed by atoms with van der Waals surface area (Å²) in [5, 5.41) is 33.3. The van der Waals surface area contributed by atoms with Crippen LogP contribution in [-0.4, -0.2) is 33.1 Å². The van der Waals surface area contributed by atoms with Crippen molar-refractivity contribution in [2.75, 3.05) is 0 Å². The smallest absolute Gasteiger partial charge is 0.165 e. The molecule has 3 N–H and O–H groups in total. The van der Waals surface area contributed by atoms with Gasteiger partial charge in [-0.05, 0) is 67.9 Å². The van der Waals surface area contributed by atoms with Gasteiger partial charge in [0, 0.05) is 5.56 Å². The van der Waals surface area contributed by atoms with Crippen molar-refractivity contribution in [3.8, 4) is 11.5 Å². The van der Waals surface area contributed by atoms with Crippen LogP contribution in [0.4, 0.5) is 0 Å². The molecular formula is C22H28O4. The van der Waals surface area contributed by atoms with Gasteiger partial charge in [-0.1, -0.05) is 25.3 Å². The third-order valence-electron chi connectivity index (χ3n) is 8.74. The molecule has 1 aromatic rings. The lowest BCUT2D eigenvalue weighted by atomic mass is 9.43. The number of benzene rings is 1. The summed E-state index contributed by atoms with van der Waals surface area (Å²) >= 11 is 0. The zero-order valence-corrected chi connectivity index (χ0v) is 15.2. The van der Waals surface area contributed by atoms with Crippen LogP contribution in [0.5, 0.6) is 11.5 Å². The van der Waals surface area contributed by atoms with Crippen LogP contribution in [-0.2, 0) is 11.8 Å². The maximum Gasteiger partial charge on any atom is 0.165 e. The molecule has 3 fully saturated rings. The quantitative estimate of drug-likeness (QED) is 0.762. The van der Waals surface area contributed by atoms with Crippen LogP contribution < -0.4 is 4.74 Å². The fraction of sp³-hybridized carbons (Fsp3) is 0.727. The third-order valence-corrected chi connectivity index (χ3v) is 8.74. The van der Waals surface area contributed by atoms with Gasteiger partial charge in [0.1, 0.15) is 6.10 Å². The molecule has 3 saturated carbocycles. The summed E-state index contributed by atoms with van der Waals surface area (Å²) in [6, 6.07) is 3.76. The normalized spacial score (nSPS) is 45.6. The molecule has 1 aliphatic heterocycles. The SMILES string of the molecule is Oc1ccc2c3c1O[C@H]1C(O)CC[C@@]4(O)[C@@H](C2)C(CC2CCC2)CCC314. The second kappa shape index (κ2) is 4.96. The Morgan fingerprint density at radius 2 is 1.96 bits per heavy atom. The number of hydrogen-bond acceptors (Lipinski definition) is 4. The van der Waals surface area contributed by atoms with Gasteiger partial charge < -0.3 is 20.1 Å². The standard InChI is InChI=1S/C22H28O4/c23-16-5-4-14-11-15-13(10-12-2-1-3-12)6-8-21-18(14)19(16)26-20(21)17(24)7-9-22(15,21)25/h4-5,12-13,15,17,20,23-25H,1-3,6-11H2/t13?,15-,17?,20-,21?,22+/m0/s1. The Labute approximate surface area is 154 Å². The summed E-state index contributed by atoms with van der Waals surface area (Å²) in [7, 11) is 0. The molecule has 3 unspecified atom stereocenters. The second-order valence-corrected chi connectivity index (χ2v) is 9.63. The van der Waals surface area contributed by atoms with E-state index in [9.17, 15) is 15.3 Å². The summed E-state index contributed by atoms with van der Waals surface area (Å²) in [5.41, 5.74) is 0.896. The largest absolute Gasteiger partial charge is 0.504 e. The molecule has 1 aromatic carbocycles. The first-order chi connectivity index (χ1) is 12.5. The number of ether oxygens (including phenoxy) is 1. The number of rotatable bonds is 2. The molecule has 6 rings (SSSR count). The summed E-state index contributed by atoms with van der Waals surface area (Å²) in [5.74, 6) is 2.34. The van der Waals surface area contributed by atoms with Crippen molar-refractivity contribution in [3.63, 3.8) is 0 Å². The number of aromatic hydroxyl groups is 1. The van der Waals surface area contributed by atoms with Gasteiger partial charge in [-0.2, -0.15) is 0 Å². The Bertz CT molecular complexity index is 772. The van der Waals surface area contributed by atoms with Gasteiger partial charge in [-0.3, -0.25) is 0 Å². The molecule has 5 aliphatic rings. The Balaban J connectivity index is 1.52. The average Bonchev–Trinajstić information content (AvgIpc) is 2.93. The molecule has 140 valence electrons. The number of aliphatic hydroxyl groups excluding tert-OH is 1. The minimum absolute atomic E-state index is 0.150. The van der Waals surface area contributed by atoms with E-state index < -0.39 is 23.2 Å². The fourth-order valence-electron chi connectivity index (χ4n) is 7.39. The van der Waals surface area contributed by atoms with Crippen molar-refractivity contribution in [2.24, 2.45) is 17.8 Å². The van der Waals surface area contributed by atoms with E-state index in [-0.39, 0.29) is 11.7 Å². The first kappa shape index (κ1) is 15.8. The Hall–Kier alpha value is -1.26. The molecule has 4 nitrogen and oxygen atoms in total. The van der Waals surface area contributed by atoms with Gasteiger partial charge in [0.15, 0.2) is 11.5 Å². The number of phenolic OH excluding ortho intramolecular Hbond substituents is 1. The molecule has 0 radical (unpaired) electrons. The first-order valence-electron chi connectivity index (χ1n) is 10.5. The summed E-state index contributed by atoms with van der Waals surface area (Å²) < 4.78 is 6.18. The maximum absolute atomic E-state index is 12.1. The Morgan fingerprint density at radius 3 is 2.73 bits per heavy atom. The van der Waals surface area contributed by atoms with Crippen molar-refractivity contribution in [1.29, 1.82) is 0 Å². The van der Waals surface area contributed by atoms with Gasteiger partial charge >= 0.3 is 0 Å². The van der Waals surface area contributed by atoms with Gasteiger partial charge in [-0.25, -0.2) is 0 Å². The summed E-state index contributed by atoms with van der Waals surface area (Å²) in [4.78, 5) is 0. The fourth-order valence-corrected chi connectivity index (χ4v) is 7.39. The van der Waals surface area contributed by atoms with E-state index in [1.165, 1.54) is 31.2 Å². The summed E-state index contributed by atoms with van der Waals surface area (Å²) in [6.45, 7) is 0. The van der Waals surface area contributed by atoms with Crippen molar-refractivity contribution in [3.05, 3.63) is 23.3 Å². The van der Waals surface area contributed by atoms with Crippen LogP contribution in [0.2, 0.25) is 0 Å². The molecule has 0 amide bonds. The van der Waals surface area contributed by atoms with Crippen molar-refractivity contribution in [2.45, 2.75) is 81.0 Å². The highest BCUT2D eigenvalue weighted by molar-refractivity contribution is 5.62. The van der Waals surface area contributed by atoms with Crippen LogP contribution in [0.1, 0.15) is 62.5 Å². The molecule has 4 heteroatoms. The molecule has 4 aliphatic carbocycles. The minimum atomic E-state index is -0.810. The topological polar surface area (TPSA) is 69.9 Å². The van der Waals surface area contributed by atoms with Crippen LogP contribution in [0.3, 0.4) is 0 Å². The zero-order valence-electron chi connectivity index (χ0n) is 15.2. The van der Waals surface area contributed by atoms with Crippen LogP contribution >= 0.6 is 0 Å². The molecule has 1 spiro atoms. The average molecular weight is 356 g/mol. The van der Waals surface area contributed by atoms with E-state index >= 15 is 0 Å². The van der Waals surface area contributed by atoms with E-state index in [4.69, 9.17) is 4.74 Å². The minimum Gasteiger partial charge on any atom is -0.504 e. The molecule has 26 heavy (non-hydrogen) atoms. The van der Waals surface area contributed by atoms with Crippen LogP contribution in [0, 0.1) is 17.8 Å². The van der Waals surface area contributed by atoms with E-state index in [1.807, 2.05) is 6.07 Å². The molecule has 0 aromatic heterocycles. The van der Waals surface area contributed by atoms with Crippen LogP contribution in [0.25, 0.3) is 0 Å². The first-order valence-corrected chi connectivity index (χ1v) is 10.5. The lowest BCUT2D eigenvalue weighted by Crippen LogP contribution is -2.72. The highest BCUT2D eigenvalue weighted by Crippen LogP contribution is 2.68. The molecular weight excluding hydrogens is 328 g/mol. The van der Waals surface area contributed by atoms with E-state index in [1.54, 1.807) is 6.07 Å². The van der Waals surface area contributed by atoms with Gasteiger partial charge in [0.25, 0.3) is 0 Å². The molecule has 0 saturated heterocycles. The maximum atomic E-state index is 12.1. The van der Waals surface area contributed by atoms with E-state index in [0.717, 1.165) is 30.7 Å². The molecule has 2 bridgehead atoms. The third kappa shape index (κ3) is 1.65. The van der Waals surface area contributed by atoms with E-state index in [2.05, 4.69) is 0 Å². The van der Waals surface area contributed by atoms with Crippen molar-refractivity contribution >= 4 is 0 Å². The van der Waals surface area contributed by atoms with Gasteiger partial charge in [-0.15, -0.1) is 0 Å². The van der Waals surface area contributed by atoms with E-state index in [0.29, 0.717) is 24.5 Å². The Morgan fingerprint density at radius 1 is 1.12 bits per heavy atom. The zero-order chi connectivity index (χ0) is 17.7. The van der Waals surface area contributed by atoms with Crippen molar-refractivity contribution in [1.82, 2.24) is 0 Å². The lowest BCUT2D eigenvalue weighted by Gasteiger charge is -2.63. The van der Waals surface area contributed by atoms with Gasteiger partial charge in [0.2, 0.25) is 0 Å². The predicted octanol–water partition coefficient (Wildman–Crippen LogP) is 3.05. The highest BCUT2D eigenvalue weighted by atomic mass is 16.5. The predicted molar refractivity (Wildman–Crippen MR) is 96.3 cm³/mol. The monoisotopic (exact) mass is 356 g/mol. The van der Waals surface area contributed by atoms with Gasteiger partial charge in [0.05, 0.1) is 17.1 Å². The lowest BCUT2D eigenvalue weighted by molar-refractivity contribution is -0.210. The number of aliphatic hydroxyl groups is 2. The molecule has 6 atom stereocenters.